The van der Waals surface area contributed by atoms with Gasteiger partial charge in [-0.1, -0.05) is 53.3 Å². The number of pyridine rings is 1. The molecule has 0 bridgehead atoms. The zero-order chi connectivity index (χ0) is 23.3. The Bertz CT molecular complexity index is 1480. The van der Waals surface area contributed by atoms with E-state index >= 15 is 0 Å². The Labute approximate surface area is 204 Å². The molecular weight excluding hydrogens is 466 g/mol. The van der Waals surface area contributed by atoms with E-state index in [1.165, 1.54) is 0 Å². The van der Waals surface area contributed by atoms with Crippen LogP contribution in [-0.2, 0) is 13.0 Å². The summed E-state index contributed by atoms with van der Waals surface area (Å²) < 4.78 is 7.07. The molecular formula is C25H21N5O2S2. The van der Waals surface area contributed by atoms with Gasteiger partial charge in [-0.25, -0.2) is 4.98 Å². The van der Waals surface area contributed by atoms with E-state index < -0.39 is 0 Å². The molecule has 4 aromatic heterocycles. The van der Waals surface area contributed by atoms with Gasteiger partial charge in [0.1, 0.15) is 4.83 Å². The molecule has 9 heteroatoms. The lowest BCUT2D eigenvalue weighted by Crippen LogP contribution is -2.22. The smallest absolute Gasteiger partial charge is 0.263 e. The van der Waals surface area contributed by atoms with Crippen LogP contribution in [0.3, 0.4) is 0 Å². The van der Waals surface area contributed by atoms with Gasteiger partial charge in [-0.2, -0.15) is 4.98 Å². The largest absolute Gasteiger partial charge is 0.339 e. The molecule has 0 fully saturated rings. The first-order valence-electron chi connectivity index (χ1n) is 10.8. The van der Waals surface area contributed by atoms with Crippen molar-refractivity contribution in [2.45, 2.75) is 24.5 Å². The fourth-order valence-electron chi connectivity index (χ4n) is 3.50. The molecule has 0 saturated carbocycles. The molecule has 0 saturated heterocycles. The van der Waals surface area contributed by atoms with Crippen LogP contribution in [0.15, 0.2) is 88.1 Å². The first-order valence-corrected chi connectivity index (χ1v) is 12.6. The minimum absolute atomic E-state index is 0.0373. The Morgan fingerprint density at radius 3 is 2.71 bits per heavy atom. The maximum Gasteiger partial charge on any atom is 0.263 e. The quantitative estimate of drug-likeness (QED) is 0.118. The minimum atomic E-state index is -0.0373. The summed E-state index contributed by atoms with van der Waals surface area (Å²) in [6.45, 7) is 4.23. The average molecular weight is 488 g/mol. The number of allylic oxidation sites excluding steroid dienone is 1. The van der Waals surface area contributed by atoms with E-state index in [0.29, 0.717) is 35.2 Å². The van der Waals surface area contributed by atoms with Gasteiger partial charge in [0, 0.05) is 41.6 Å². The summed E-state index contributed by atoms with van der Waals surface area (Å²) in [6, 6.07) is 15.7. The van der Waals surface area contributed by atoms with Crippen LogP contribution in [0.2, 0.25) is 0 Å². The molecule has 0 N–H and O–H groups in total. The van der Waals surface area contributed by atoms with Gasteiger partial charge in [0.25, 0.3) is 5.56 Å². The van der Waals surface area contributed by atoms with E-state index in [2.05, 4.69) is 21.7 Å². The van der Waals surface area contributed by atoms with Gasteiger partial charge < -0.3 is 4.52 Å². The average Bonchev–Trinajstić information content (AvgIpc) is 3.53. The summed E-state index contributed by atoms with van der Waals surface area (Å²) in [6.07, 6.45) is 6.58. The van der Waals surface area contributed by atoms with Crippen LogP contribution in [0.5, 0.6) is 0 Å². The molecule has 7 nitrogen and oxygen atoms in total. The van der Waals surface area contributed by atoms with Crippen LogP contribution in [0, 0.1) is 0 Å². The van der Waals surface area contributed by atoms with Crippen LogP contribution in [-0.4, -0.2) is 30.4 Å². The third kappa shape index (κ3) is 4.71. The van der Waals surface area contributed by atoms with Gasteiger partial charge in [-0.3, -0.25) is 14.3 Å². The van der Waals surface area contributed by atoms with Gasteiger partial charge in [-0.05, 0) is 30.2 Å². The lowest BCUT2D eigenvalue weighted by atomic mass is 10.2. The highest BCUT2D eigenvalue weighted by Crippen LogP contribution is 2.32. The number of thioether (sulfide) groups is 1. The van der Waals surface area contributed by atoms with E-state index in [9.17, 15) is 4.79 Å². The van der Waals surface area contributed by atoms with Crippen molar-refractivity contribution < 1.29 is 4.52 Å². The van der Waals surface area contributed by atoms with Crippen LogP contribution in [0.4, 0.5) is 0 Å². The standard InChI is InChI=1S/C25H21N5O2S2/c1-2-14-30-24(31)19-16-20(17-7-4-3-5-8-17)34-23(19)28-25(30)33-15-6-9-21-27-22(29-32-21)18-10-12-26-13-11-18/h2-5,7-8,10-13,16H,1,6,9,14-15H2. The van der Waals surface area contributed by atoms with Crippen molar-refractivity contribution >= 4 is 33.3 Å². The third-order valence-electron chi connectivity index (χ3n) is 5.16. The Balaban J connectivity index is 1.31. The number of hydrogen-bond acceptors (Lipinski definition) is 8. The van der Waals surface area contributed by atoms with Crippen molar-refractivity contribution in [3.63, 3.8) is 0 Å². The van der Waals surface area contributed by atoms with Crippen LogP contribution < -0.4 is 5.56 Å². The summed E-state index contributed by atoms with van der Waals surface area (Å²) in [4.78, 5) is 28.3. The van der Waals surface area contributed by atoms with Gasteiger partial charge in [0.2, 0.25) is 11.7 Å². The first-order chi connectivity index (χ1) is 16.7. The van der Waals surface area contributed by atoms with Crippen molar-refractivity contribution in [1.29, 1.82) is 0 Å². The van der Waals surface area contributed by atoms with Crippen LogP contribution in [0.25, 0.3) is 32.0 Å². The third-order valence-corrected chi connectivity index (χ3v) is 7.30. The topological polar surface area (TPSA) is 86.7 Å². The van der Waals surface area contributed by atoms with Crippen molar-refractivity contribution in [2.24, 2.45) is 0 Å². The normalized spacial score (nSPS) is 11.2. The molecule has 5 rings (SSSR count). The molecule has 0 radical (unpaired) electrons. The second-order valence-electron chi connectivity index (χ2n) is 7.49. The minimum Gasteiger partial charge on any atom is -0.339 e. The highest BCUT2D eigenvalue weighted by Gasteiger charge is 2.15. The van der Waals surface area contributed by atoms with E-state index in [4.69, 9.17) is 9.51 Å². The Kier molecular flexibility index (Phi) is 6.64. The van der Waals surface area contributed by atoms with Crippen molar-refractivity contribution in [1.82, 2.24) is 24.7 Å². The Hall–Kier alpha value is -3.56. The predicted molar refractivity (Wildman–Crippen MR) is 136 cm³/mol. The van der Waals surface area contributed by atoms with Crippen molar-refractivity contribution in [2.75, 3.05) is 5.75 Å². The van der Waals surface area contributed by atoms with Crippen LogP contribution in [0.1, 0.15) is 12.3 Å². The highest BCUT2D eigenvalue weighted by atomic mass is 32.2. The van der Waals surface area contributed by atoms with E-state index in [1.54, 1.807) is 46.1 Å². The highest BCUT2D eigenvalue weighted by molar-refractivity contribution is 7.99. The summed E-state index contributed by atoms with van der Waals surface area (Å²) in [5.74, 6) is 1.91. The molecule has 1 aromatic carbocycles. The molecule has 0 aliphatic heterocycles. The summed E-state index contributed by atoms with van der Waals surface area (Å²) >= 11 is 3.10. The maximum atomic E-state index is 13.2. The Morgan fingerprint density at radius 2 is 1.91 bits per heavy atom. The van der Waals surface area contributed by atoms with Gasteiger partial charge in [0.15, 0.2) is 5.16 Å². The molecule has 0 unspecified atom stereocenters. The summed E-state index contributed by atoms with van der Waals surface area (Å²) in [5, 5.41) is 5.39. The second-order valence-corrected chi connectivity index (χ2v) is 9.59. The fourth-order valence-corrected chi connectivity index (χ4v) is 5.53. The number of aryl methyl sites for hydroxylation is 1. The molecule has 0 aliphatic carbocycles. The monoisotopic (exact) mass is 487 g/mol. The molecule has 0 amide bonds. The molecule has 0 spiro atoms. The van der Waals surface area contributed by atoms with Crippen molar-refractivity contribution in [3.05, 3.63) is 89.8 Å². The maximum absolute atomic E-state index is 13.2. The molecule has 0 atom stereocenters. The lowest BCUT2D eigenvalue weighted by Gasteiger charge is -2.09. The first kappa shape index (κ1) is 22.2. The second kappa shape index (κ2) is 10.1. The van der Waals surface area contributed by atoms with Gasteiger partial charge in [-0.15, -0.1) is 17.9 Å². The molecule has 0 aliphatic rings. The molecule has 5 aromatic rings. The number of hydrogen-bond donors (Lipinski definition) is 0. The molecule has 4 heterocycles. The number of aromatic nitrogens is 5. The Morgan fingerprint density at radius 1 is 1.09 bits per heavy atom. The fraction of sp³-hybridized carbons (Fsp3) is 0.160. The zero-order valence-corrected chi connectivity index (χ0v) is 19.9. The summed E-state index contributed by atoms with van der Waals surface area (Å²) in [7, 11) is 0. The molecule has 34 heavy (non-hydrogen) atoms. The number of thiophene rings is 1. The van der Waals surface area contributed by atoms with Crippen LogP contribution >= 0.6 is 23.1 Å². The van der Waals surface area contributed by atoms with E-state index in [-0.39, 0.29) is 5.56 Å². The predicted octanol–water partition coefficient (Wildman–Crippen LogP) is 5.48. The summed E-state index contributed by atoms with van der Waals surface area (Å²) in [5.41, 5.74) is 1.92. The number of benzene rings is 1. The zero-order valence-electron chi connectivity index (χ0n) is 18.3. The number of nitrogens with zero attached hydrogens (tertiary/aromatic N) is 5. The van der Waals surface area contributed by atoms with E-state index in [0.717, 1.165) is 33.0 Å². The van der Waals surface area contributed by atoms with Crippen molar-refractivity contribution in [3.8, 4) is 21.8 Å². The number of rotatable bonds is 9. The molecule has 170 valence electrons. The van der Waals surface area contributed by atoms with E-state index in [1.807, 2.05) is 48.5 Å². The number of fused-ring (bicyclic) bond motifs is 1. The van der Waals surface area contributed by atoms with Gasteiger partial charge in [0.05, 0.1) is 5.39 Å². The SMILES string of the molecule is C=CCn1c(SCCCc2nc(-c3ccncc3)no2)nc2sc(-c3ccccc3)cc2c1=O. The van der Waals surface area contributed by atoms with Gasteiger partial charge >= 0.3 is 0 Å². The lowest BCUT2D eigenvalue weighted by molar-refractivity contribution is 0.378.